The molecule has 3 heteroatoms. The number of hydrogen-bond donors (Lipinski definition) is 0. The van der Waals surface area contributed by atoms with Crippen molar-refractivity contribution in [1.29, 1.82) is 5.26 Å². The van der Waals surface area contributed by atoms with Gasteiger partial charge in [0.1, 0.15) is 6.10 Å². The van der Waals surface area contributed by atoms with Gasteiger partial charge in [0.15, 0.2) is 0 Å². The minimum Gasteiger partial charge on any atom is -0.458 e. The monoisotopic (exact) mass is 557 g/mol. The van der Waals surface area contributed by atoms with Crippen LogP contribution in [0.15, 0.2) is 46.6 Å². The molecule has 3 nitrogen and oxygen atoms in total. The molecule has 0 aromatic carbocycles. The van der Waals surface area contributed by atoms with Crippen molar-refractivity contribution >= 4 is 5.97 Å². The Balaban J connectivity index is 1.35. The van der Waals surface area contributed by atoms with E-state index in [1.807, 2.05) is 17.7 Å². The van der Waals surface area contributed by atoms with E-state index in [1.54, 1.807) is 11.6 Å². The van der Waals surface area contributed by atoms with E-state index in [2.05, 4.69) is 67.5 Å². The number of hydrogen-bond acceptors (Lipinski definition) is 3. The lowest BCUT2D eigenvalue weighted by Gasteiger charge is -2.62. The highest BCUT2D eigenvalue weighted by Gasteiger charge is 2.63. The second-order valence-corrected chi connectivity index (χ2v) is 15.9. The fourth-order valence-corrected chi connectivity index (χ4v) is 10.7. The molecule has 0 bridgehead atoms. The van der Waals surface area contributed by atoms with Gasteiger partial charge in [-0.05, 0) is 118 Å². The van der Waals surface area contributed by atoms with Crippen LogP contribution in [0.4, 0.5) is 0 Å². The van der Waals surface area contributed by atoms with Gasteiger partial charge in [-0.2, -0.15) is 5.26 Å². The van der Waals surface area contributed by atoms with E-state index in [1.165, 1.54) is 56.9 Å². The highest BCUT2D eigenvalue weighted by Crippen LogP contribution is 2.72. The molecule has 5 rings (SSSR count). The van der Waals surface area contributed by atoms with Crippen LogP contribution in [0.3, 0.4) is 0 Å². The van der Waals surface area contributed by atoms with Crippen LogP contribution >= 0.6 is 0 Å². The molecule has 0 spiro atoms. The molecule has 8 atom stereocenters. The molecular formula is C38H55NO2. The number of nitriles is 1. The van der Waals surface area contributed by atoms with Crippen LogP contribution in [0.5, 0.6) is 0 Å². The number of fused-ring (bicyclic) bond motifs is 4. The average molecular weight is 558 g/mol. The first-order valence-corrected chi connectivity index (χ1v) is 16.6. The molecule has 3 unspecified atom stereocenters. The van der Waals surface area contributed by atoms with Crippen LogP contribution in [0.25, 0.3) is 0 Å². The summed E-state index contributed by atoms with van der Waals surface area (Å²) in [6.45, 7) is 19.6. The van der Waals surface area contributed by atoms with Gasteiger partial charge in [-0.1, -0.05) is 82.6 Å². The van der Waals surface area contributed by atoms with Crippen LogP contribution in [-0.2, 0) is 9.53 Å². The number of rotatable bonds is 6. The van der Waals surface area contributed by atoms with Crippen molar-refractivity contribution in [2.24, 2.45) is 45.3 Å². The van der Waals surface area contributed by atoms with Crippen molar-refractivity contribution in [1.82, 2.24) is 0 Å². The fourth-order valence-electron chi connectivity index (χ4n) is 10.7. The standard InChI is InChI=1S/C38H55NO2/c1-25(2)10-9-11-26(3)29-18-22-38(8)31-16-17-32-35(4,5)33(41-34(40)28-14-12-27(24-39)13-15-28)20-21-36(32,6)30(31)19-23-37(29,38)7/h10,12,14-15,26-27,29,32-33H,9,11,13,16-23H2,1-8H3/t26-,27?,29-,32?,33?,36-,37-,38+/m1/s1. The van der Waals surface area contributed by atoms with Crippen molar-refractivity contribution in [3.63, 3.8) is 0 Å². The molecule has 0 N–H and O–H groups in total. The minimum absolute atomic E-state index is 0.0693. The molecule has 0 heterocycles. The highest BCUT2D eigenvalue weighted by atomic mass is 16.5. The molecule has 0 aromatic rings. The molecule has 0 aromatic heterocycles. The lowest BCUT2D eigenvalue weighted by Crippen LogP contribution is -2.55. The third-order valence-electron chi connectivity index (χ3n) is 13.4. The van der Waals surface area contributed by atoms with Crippen LogP contribution in [-0.4, -0.2) is 12.1 Å². The van der Waals surface area contributed by atoms with E-state index in [0.717, 1.165) is 24.7 Å². The summed E-state index contributed by atoms with van der Waals surface area (Å²) in [6, 6.07) is 2.26. The average Bonchev–Trinajstić information content (AvgIpc) is 3.21. The Morgan fingerprint density at radius 3 is 2.49 bits per heavy atom. The lowest BCUT2D eigenvalue weighted by atomic mass is 9.43. The third kappa shape index (κ3) is 4.90. The van der Waals surface area contributed by atoms with Crippen LogP contribution in [0, 0.1) is 56.7 Å². The lowest BCUT2D eigenvalue weighted by molar-refractivity contribution is -0.165. The SMILES string of the molecule is CC(C)=CCC[C@@H](C)[C@H]1CC[C@@]2(C)C3=C(CC[C@]12C)[C@@]1(C)CCC(OC(=O)C2=CCC(C#N)C=C2)C(C)(C)C1CC3. The molecule has 5 aliphatic carbocycles. The molecule has 5 aliphatic rings. The Morgan fingerprint density at radius 2 is 1.83 bits per heavy atom. The first-order chi connectivity index (χ1) is 19.3. The number of carbonyl (C=O) groups excluding carboxylic acids is 1. The van der Waals surface area contributed by atoms with Gasteiger partial charge in [0.05, 0.1) is 17.6 Å². The molecule has 2 fully saturated rings. The molecule has 2 saturated carbocycles. The molecule has 0 radical (unpaired) electrons. The zero-order valence-corrected chi connectivity index (χ0v) is 27.2. The Labute approximate surface area is 250 Å². The summed E-state index contributed by atoms with van der Waals surface area (Å²) in [5, 5.41) is 9.18. The number of nitrogens with zero attached hydrogens (tertiary/aromatic N) is 1. The molecule has 0 saturated heterocycles. The van der Waals surface area contributed by atoms with Gasteiger partial charge in [-0.25, -0.2) is 4.79 Å². The summed E-state index contributed by atoms with van der Waals surface area (Å²) < 4.78 is 6.28. The summed E-state index contributed by atoms with van der Waals surface area (Å²) in [7, 11) is 0. The number of ether oxygens (including phenoxy) is 1. The first kappa shape index (κ1) is 30.4. The smallest absolute Gasteiger partial charge is 0.338 e. The van der Waals surface area contributed by atoms with E-state index >= 15 is 0 Å². The molecule has 0 aliphatic heterocycles. The van der Waals surface area contributed by atoms with E-state index in [-0.39, 0.29) is 28.8 Å². The van der Waals surface area contributed by atoms with Crippen LogP contribution < -0.4 is 0 Å². The molecule has 41 heavy (non-hydrogen) atoms. The van der Waals surface area contributed by atoms with Gasteiger partial charge in [-0.3, -0.25) is 0 Å². The number of esters is 1. The second kappa shape index (κ2) is 10.9. The van der Waals surface area contributed by atoms with Gasteiger partial charge in [0.2, 0.25) is 0 Å². The van der Waals surface area contributed by atoms with Gasteiger partial charge in [0, 0.05) is 5.41 Å². The minimum atomic E-state index is -0.216. The Bertz CT molecular complexity index is 1220. The van der Waals surface area contributed by atoms with Crippen molar-refractivity contribution in [3.05, 3.63) is 46.6 Å². The summed E-state index contributed by atoms with van der Waals surface area (Å²) in [4.78, 5) is 13.2. The predicted molar refractivity (Wildman–Crippen MR) is 168 cm³/mol. The zero-order chi connectivity index (χ0) is 29.8. The van der Waals surface area contributed by atoms with Crippen LogP contribution in [0.2, 0.25) is 0 Å². The van der Waals surface area contributed by atoms with Gasteiger partial charge >= 0.3 is 5.97 Å². The maximum atomic E-state index is 13.2. The quantitative estimate of drug-likeness (QED) is 0.241. The first-order valence-electron chi connectivity index (χ1n) is 16.6. The van der Waals surface area contributed by atoms with Crippen molar-refractivity contribution in [2.45, 2.75) is 132 Å². The fraction of sp³-hybridized carbons (Fsp3) is 0.737. The molecule has 224 valence electrons. The number of allylic oxidation sites excluding steroid dienone is 6. The van der Waals surface area contributed by atoms with Gasteiger partial charge < -0.3 is 4.74 Å². The van der Waals surface area contributed by atoms with Crippen LogP contribution in [0.1, 0.15) is 126 Å². The Kier molecular flexibility index (Phi) is 8.06. The second-order valence-electron chi connectivity index (χ2n) is 15.9. The normalized spacial score (nSPS) is 39.9. The zero-order valence-electron chi connectivity index (χ0n) is 27.2. The summed E-state index contributed by atoms with van der Waals surface area (Å²) in [5.74, 6) is 1.76. The Morgan fingerprint density at radius 1 is 1.07 bits per heavy atom. The van der Waals surface area contributed by atoms with E-state index in [4.69, 9.17) is 4.74 Å². The van der Waals surface area contributed by atoms with Crippen molar-refractivity contribution in [2.75, 3.05) is 0 Å². The van der Waals surface area contributed by atoms with Crippen molar-refractivity contribution < 1.29 is 9.53 Å². The summed E-state index contributed by atoms with van der Waals surface area (Å²) in [6.07, 6.45) is 20.7. The maximum Gasteiger partial charge on any atom is 0.338 e. The summed E-state index contributed by atoms with van der Waals surface area (Å²) >= 11 is 0. The van der Waals surface area contributed by atoms with E-state index in [0.29, 0.717) is 28.7 Å². The largest absolute Gasteiger partial charge is 0.458 e. The van der Waals surface area contributed by atoms with E-state index < -0.39 is 0 Å². The van der Waals surface area contributed by atoms with Gasteiger partial charge in [0.25, 0.3) is 0 Å². The summed E-state index contributed by atoms with van der Waals surface area (Å²) in [5.41, 5.74) is 6.52. The number of carbonyl (C=O) groups is 1. The Hall–Kier alpha value is -2.08. The third-order valence-corrected chi connectivity index (χ3v) is 13.4. The topological polar surface area (TPSA) is 50.1 Å². The predicted octanol–water partition coefficient (Wildman–Crippen LogP) is 10.1. The molecule has 0 amide bonds. The van der Waals surface area contributed by atoms with Crippen molar-refractivity contribution in [3.8, 4) is 6.07 Å². The van der Waals surface area contributed by atoms with E-state index in [9.17, 15) is 10.1 Å². The molecular weight excluding hydrogens is 502 g/mol. The highest BCUT2D eigenvalue weighted by molar-refractivity contribution is 5.92. The van der Waals surface area contributed by atoms with Gasteiger partial charge in [-0.15, -0.1) is 0 Å². The maximum absolute atomic E-state index is 13.2.